The van der Waals surface area contributed by atoms with Gasteiger partial charge in [-0.15, -0.1) is 0 Å². The third kappa shape index (κ3) is 24.1. The monoisotopic (exact) mass is 2150 g/mol. The third-order valence-corrected chi connectivity index (χ3v) is 37.3. The number of esters is 3. The first kappa shape index (κ1) is 110. The lowest BCUT2D eigenvalue weighted by Gasteiger charge is -2.58. The van der Waals surface area contributed by atoms with Crippen LogP contribution in [0.5, 0.6) is 0 Å². The van der Waals surface area contributed by atoms with Crippen LogP contribution in [-0.2, 0) is 101 Å². The molecule has 9 aromatic carbocycles. The van der Waals surface area contributed by atoms with E-state index in [4.69, 9.17) is 4.74 Å². The summed E-state index contributed by atoms with van der Waals surface area (Å²) >= 11 is 0. The van der Waals surface area contributed by atoms with E-state index in [1.54, 1.807) is 30.3 Å². The highest BCUT2D eigenvalue weighted by Gasteiger charge is 2.63. The molecule has 0 aromatic heterocycles. The largest absolute Gasteiger partial charge is 0.743 e. The highest BCUT2D eigenvalue weighted by atomic mass is 32.2. The fraction of sp³-hybridized carbons (Fsp3) is 0.406. The van der Waals surface area contributed by atoms with Gasteiger partial charge in [0.05, 0.1) is 33.3 Å². The molecule has 12 saturated carbocycles. The predicted octanol–water partition coefficient (Wildman–Crippen LogP) is 21.2. The Balaban J connectivity index is 0.000000143. The van der Waals surface area contributed by atoms with Crippen molar-refractivity contribution < 1.29 is 173 Å². The quantitative estimate of drug-likeness (QED) is 0.0193. The maximum absolute atomic E-state index is 14.4. The number of halogens is 21. The smallest absolute Gasteiger partial charge is 0.367 e. The predicted molar refractivity (Wildman–Crippen MR) is 467 cm³/mol. The molecule has 18 nitrogen and oxygen atoms in total. The van der Waals surface area contributed by atoms with E-state index in [1.807, 2.05) is 0 Å². The van der Waals surface area contributed by atoms with Crippen LogP contribution in [0.4, 0.5) is 92.2 Å². The van der Waals surface area contributed by atoms with Crippen LogP contribution in [-0.4, -0.2) is 124 Å². The van der Waals surface area contributed by atoms with Gasteiger partial charge in [0.1, 0.15) is 32.7 Å². The van der Waals surface area contributed by atoms with Crippen molar-refractivity contribution in [2.45, 2.75) is 198 Å². The summed E-state index contributed by atoms with van der Waals surface area (Å²) in [6.07, 6.45) is 10.5. The Hall–Kier alpha value is -9.39. The van der Waals surface area contributed by atoms with Crippen molar-refractivity contribution in [3.8, 4) is 0 Å². The van der Waals surface area contributed by atoms with Crippen molar-refractivity contribution in [1.29, 1.82) is 0 Å². The first-order chi connectivity index (χ1) is 66.3. The average Bonchev–Trinajstić information content (AvgIpc) is 0.714. The molecule has 3 unspecified atom stereocenters. The fourth-order valence-electron chi connectivity index (χ4n) is 21.8. The van der Waals surface area contributed by atoms with Gasteiger partial charge in [-0.25, -0.2) is 99.5 Å². The summed E-state index contributed by atoms with van der Waals surface area (Å²) in [5, 5.41) is -3.63. The third-order valence-electron chi connectivity index (χ3n) is 26.5. The molecule has 46 heteroatoms. The molecule has 12 bridgehead atoms. The van der Waals surface area contributed by atoms with E-state index in [2.05, 4.69) is 9.47 Å². The summed E-state index contributed by atoms with van der Waals surface area (Å²) in [5.74, 6) is -13.2. The van der Waals surface area contributed by atoms with Crippen LogP contribution in [0.2, 0.25) is 0 Å². The Labute approximate surface area is 810 Å². The number of carbonyl (C=O) groups is 3. The molecule has 0 heterocycles. The Morgan fingerprint density at radius 3 is 0.824 bits per heavy atom. The number of sulfone groups is 1. The summed E-state index contributed by atoms with van der Waals surface area (Å²) in [6, 6.07) is 34.7. The topological polar surface area (TPSA) is 305 Å². The molecule has 0 amide bonds. The fourth-order valence-corrected chi connectivity index (χ4v) is 29.7. The maximum atomic E-state index is 14.4. The number of hydrogen-bond acceptors (Lipinski definition) is 18. The first-order valence-corrected chi connectivity index (χ1v) is 53.6. The average molecular weight is 2150 g/mol. The van der Waals surface area contributed by atoms with Crippen molar-refractivity contribution in [3.63, 3.8) is 0 Å². The van der Waals surface area contributed by atoms with Gasteiger partial charge in [0.2, 0.25) is 34.3 Å². The maximum Gasteiger partial charge on any atom is 0.367 e. The van der Waals surface area contributed by atoms with Crippen molar-refractivity contribution in [1.82, 2.24) is 0 Å². The summed E-state index contributed by atoms with van der Waals surface area (Å²) in [4.78, 5) is 33.4. The van der Waals surface area contributed by atoms with E-state index < -0.39 is 267 Å². The van der Waals surface area contributed by atoms with E-state index in [0.29, 0.717) is 105 Å². The number of ether oxygens (including phenoxy) is 3. The number of hydrogen-bond donors (Lipinski definition) is 1. The Morgan fingerprint density at radius 2 is 0.577 bits per heavy atom. The van der Waals surface area contributed by atoms with Crippen LogP contribution in [0.25, 0.3) is 0 Å². The lowest BCUT2D eigenvalue weighted by atomic mass is 9.48. The molecular weight excluding hydrogens is 2060 g/mol. The molecule has 0 aliphatic heterocycles. The second kappa shape index (κ2) is 43.0. The summed E-state index contributed by atoms with van der Waals surface area (Å²) in [5.41, 5.74) is -3.26. The minimum atomic E-state index is -6.13. The van der Waals surface area contributed by atoms with Gasteiger partial charge in [-0.3, -0.25) is 14.4 Å². The molecule has 768 valence electrons. The molecular formula is C96H87F21O18S7. The van der Waals surface area contributed by atoms with Gasteiger partial charge in [-0.2, -0.15) is 26.3 Å². The van der Waals surface area contributed by atoms with E-state index in [-0.39, 0.29) is 37.8 Å². The molecule has 0 spiro atoms. The second-order valence-electron chi connectivity index (χ2n) is 36.9. The van der Waals surface area contributed by atoms with Crippen LogP contribution in [0.3, 0.4) is 0 Å². The standard InChI is InChI=1S/C19H13F4O2S2.C18H9F6S.C18H11F4S.C15H21F3O6S.2C13H18F2O5S/c1-27(24,25)13-10-8-12(9-11-13)26(18-14(20)4-2-5-15(18)21)19-16(22)6-3-7-17(19)23;19-10-4-1-5-11(20)16(10)25(17-12(21)6-2-7-13(17)22)18-14(23)8-3-9-15(18)24;19-13-8-4-9-14(20)17(13)23(12-6-2-1-3-7-12)18-15(21)10-5-11-16(18)22;16-11(15(17,18)25(21,22)23)1-2-24-12(19)13-4-9-3-10(5-13)7-14(20,6-9)8-13;2*14-13(15,21(17,18)19)7-20-11(16)12-4-8-1-9(5-12)3-10(2-8)6-12/h2-11H,1H3;1-9H;1-11H;9-11,20H,1-8H2,(H,21,22,23);2*8-10H,1-7H2,(H,17,18,19)/q3*+1;;;/p-3. The van der Waals surface area contributed by atoms with Crippen molar-refractivity contribution in [2.24, 2.45) is 63.6 Å². The molecule has 142 heavy (non-hydrogen) atoms. The number of rotatable bonds is 24. The van der Waals surface area contributed by atoms with Gasteiger partial charge < -0.3 is 33.0 Å². The van der Waals surface area contributed by atoms with E-state index in [9.17, 15) is 159 Å². The molecule has 3 atom stereocenters. The molecule has 0 saturated heterocycles. The minimum absolute atomic E-state index is 0.0159. The van der Waals surface area contributed by atoms with Crippen LogP contribution in [0.15, 0.2) is 231 Å². The van der Waals surface area contributed by atoms with Crippen LogP contribution in [0, 0.1) is 145 Å². The number of benzene rings is 9. The molecule has 12 aliphatic carbocycles. The van der Waals surface area contributed by atoms with Gasteiger partial charge in [0.25, 0.3) is 0 Å². The molecule has 12 fully saturated rings. The lowest BCUT2D eigenvalue weighted by molar-refractivity contribution is -0.196. The van der Waals surface area contributed by atoms with Crippen molar-refractivity contribution in [2.75, 3.05) is 26.1 Å². The van der Waals surface area contributed by atoms with E-state index in [1.165, 1.54) is 36.4 Å². The molecule has 0 radical (unpaired) electrons. The number of alkyl halides is 7. The molecule has 1 N–H and O–H groups in total. The lowest BCUT2D eigenvalue weighted by Crippen LogP contribution is -2.58. The summed E-state index contributed by atoms with van der Waals surface area (Å²) in [7, 11) is -26.9. The highest BCUT2D eigenvalue weighted by molar-refractivity contribution is 7.98. The molecule has 9 aromatic rings. The molecule has 21 rings (SSSR count). The number of carbonyl (C=O) groups excluding carboxylic acids is 3. The van der Waals surface area contributed by atoms with Gasteiger partial charge >= 0.3 is 33.7 Å². The van der Waals surface area contributed by atoms with Crippen LogP contribution >= 0.6 is 0 Å². The normalized spacial score (nSPS) is 24.2. The summed E-state index contributed by atoms with van der Waals surface area (Å²) < 4.78 is 423. The SMILES string of the molecule is CS(=O)(=O)c1ccc([S+](c2c(F)cccc2F)c2c(F)cccc2F)cc1.Fc1cccc(F)c1[S+](c1c(F)cccc1F)c1c(F)cccc1F.Fc1cccc(F)c1[S+](c1ccccc1)c1c(F)cccc1F.O=C(OCC(F)(F)S(=O)(=O)[O-])C12CC3CC(CC(C3)C1)C2.O=C(OCC(F)(F)S(=O)(=O)[O-])C12CC3CC(CC(C3)C1)C2.O=C(OCCC(F)C(F)(F)S(=O)(=O)[O-])C12CC3CC(CC(O)(C3)C1)C2. The minimum Gasteiger partial charge on any atom is -0.743 e. The number of aliphatic hydroxyl groups is 1. The zero-order chi connectivity index (χ0) is 104. The van der Waals surface area contributed by atoms with Crippen molar-refractivity contribution in [3.05, 3.63) is 263 Å². The van der Waals surface area contributed by atoms with Gasteiger partial charge in [-0.05, 0) is 284 Å². The zero-order valence-electron chi connectivity index (χ0n) is 74.3. The first-order valence-electron chi connectivity index (χ1n) is 43.8. The van der Waals surface area contributed by atoms with Gasteiger partial charge in [-0.1, -0.05) is 60.7 Å². The Kier molecular flexibility index (Phi) is 33.2. The van der Waals surface area contributed by atoms with Crippen LogP contribution in [0.1, 0.15) is 122 Å². The van der Waals surface area contributed by atoms with Gasteiger partial charge in [0.15, 0.2) is 151 Å². The Morgan fingerprint density at radius 1 is 0.338 bits per heavy atom. The Bertz CT molecular complexity index is 6130. The zero-order valence-corrected chi connectivity index (χ0v) is 80.0. The van der Waals surface area contributed by atoms with E-state index >= 15 is 0 Å². The van der Waals surface area contributed by atoms with E-state index in [0.717, 1.165) is 166 Å². The van der Waals surface area contributed by atoms with Crippen LogP contribution < -0.4 is 0 Å². The van der Waals surface area contributed by atoms with Crippen molar-refractivity contribution >= 4 is 90.8 Å². The second-order valence-corrected chi connectivity index (χ2v) is 49.1. The highest BCUT2D eigenvalue weighted by Crippen LogP contribution is 2.64. The van der Waals surface area contributed by atoms with Gasteiger partial charge in [0, 0.05) is 12.7 Å². The summed E-state index contributed by atoms with van der Waals surface area (Å²) in [6.45, 7) is -4.11. The molecule has 12 aliphatic rings.